The van der Waals surface area contributed by atoms with Crippen LogP contribution in [0.25, 0.3) is 0 Å². The van der Waals surface area contributed by atoms with Gasteiger partial charge in [-0.1, -0.05) is 6.92 Å². The van der Waals surface area contributed by atoms with Crippen LogP contribution in [0.15, 0.2) is 0 Å². The van der Waals surface area contributed by atoms with Gasteiger partial charge in [0, 0.05) is 58.4 Å². The third-order valence-electron chi connectivity index (χ3n) is 5.61. The predicted molar refractivity (Wildman–Crippen MR) is 84.3 cm³/mol. The van der Waals surface area contributed by atoms with E-state index in [0.717, 1.165) is 45.8 Å². The average Bonchev–Trinajstić information content (AvgIpc) is 3.05. The van der Waals surface area contributed by atoms with Gasteiger partial charge in [0.1, 0.15) is 0 Å². The fourth-order valence-corrected chi connectivity index (χ4v) is 4.06. The van der Waals surface area contributed by atoms with E-state index in [-0.39, 0.29) is 6.03 Å². The van der Waals surface area contributed by atoms with Crippen molar-refractivity contribution in [1.29, 1.82) is 0 Å². The van der Waals surface area contributed by atoms with Crippen LogP contribution in [0, 0.1) is 11.8 Å². The third-order valence-corrected chi connectivity index (χ3v) is 5.61. The Morgan fingerprint density at radius 1 is 0.952 bits per heavy atom. The molecule has 5 nitrogen and oxygen atoms in total. The van der Waals surface area contributed by atoms with Gasteiger partial charge in [-0.05, 0) is 32.2 Å². The molecule has 5 heteroatoms. The minimum Gasteiger partial charge on any atom is -0.324 e. The van der Waals surface area contributed by atoms with E-state index in [1.165, 1.54) is 13.1 Å². The van der Waals surface area contributed by atoms with Gasteiger partial charge in [-0.15, -0.1) is 0 Å². The molecule has 0 aromatic heterocycles. The van der Waals surface area contributed by atoms with E-state index >= 15 is 0 Å². The molecular formula is C16H30N4O. The number of hydrogen-bond donors (Lipinski definition) is 0. The summed E-state index contributed by atoms with van der Waals surface area (Å²) < 4.78 is 0. The number of urea groups is 1. The van der Waals surface area contributed by atoms with E-state index in [1.54, 1.807) is 0 Å². The molecular weight excluding hydrogens is 264 g/mol. The monoisotopic (exact) mass is 294 g/mol. The molecule has 2 atom stereocenters. The van der Waals surface area contributed by atoms with Gasteiger partial charge in [0.05, 0.1) is 0 Å². The highest BCUT2D eigenvalue weighted by Gasteiger charge is 2.43. The van der Waals surface area contributed by atoms with Gasteiger partial charge in [-0.2, -0.15) is 0 Å². The summed E-state index contributed by atoms with van der Waals surface area (Å²) in [6.45, 7) is 16.0. The Bertz CT molecular complexity index is 364. The Hall–Kier alpha value is -0.810. The zero-order chi connectivity index (χ0) is 15.0. The lowest BCUT2D eigenvalue weighted by Gasteiger charge is -2.36. The van der Waals surface area contributed by atoms with E-state index in [2.05, 4.69) is 40.4 Å². The molecule has 0 saturated carbocycles. The summed E-state index contributed by atoms with van der Waals surface area (Å²) in [5, 5.41) is 0. The van der Waals surface area contributed by atoms with Crippen molar-refractivity contribution in [2.75, 3.05) is 58.9 Å². The van der Waals surface area contributed by atoms with Gasteiger partial charge < -0.3 is 19.6 Å². The van der Waals surface area contributed by atoms with E-state index in [9.17, 15) is 4.79 Å². The first kappa shape index (κ1) is 15.1. The topological polar surface area (TPSA) is 30.0 Å². The Balaban J connectivity index is 1.50. The van der Waals surface area contributed by atoms with E-state index in [0.29, 0.717) is 17.9 Å². The van der Waals surface area contributed by atoms with E-state index in [4.69, 9.17) is 0 Å². The van der Waals surface area contributed by atoms with E-state index < -0.39 is 0 Å². The number of carbonyl (C=O) groups is 1. The van der Waals surface area contributed by atoms with Crippen molar-refractivity contribution in [3.8, 4) is 0 Å². The van der Waals surface area contributed by atoms with Gasteiger partial charge in [0.25, 0.3) is 0 Å². The van der Waals surface area contributed by atoms with Crippen LogP contribution in [0.3, 0.4) is 0 Å². The summed E-state index contributed by atoms with van der Waals surface area (Å²) >= 11 is 0. The second-order valence-corrected chi connectivity index (χ2v) is 7.18. The van der Waals surface area contributed by atoms with Gasteiger partial charge in [0.15, 0.2) is 0 Å². The van der Waals surface area contributed by atoms with Crippen LogP contribution < -0.4 is 0 Å². The smallest absolute Gasteiger partial charge is 0.320 e. The van der Waals surface area contributed by atoms with Gasteiger partial charge >= 0.3 is 6.03 Å². The molecule has 120 valence electrons. The molecule has 0 aromatic carbocycles. The second-order valence-electron chi connectivity index (χ2n) is 7.18. The number of rotatable bonds is 2. The molecule has 3 aliphatic rings. The molecule has 3 fully saturated rings. The molecule has 3 heterocycles. The highest BCUT2D eigenvalue weighted by molar-refractivity contribution is 5.75. The molecule has 0 N–H and O–H groups in total. The largest absolute Gasteiger partial charge is 0.324 e. The van der Waals surface area contributed by atoms with Crippen LogP contribution in [0.5, 0.6) is 0 Å². The lowest BCUT2D eigenvalue weighted by atomic mass is 10.0. The quantitative estimate of drug-likeness (QED) is 0.761. The maximum Gasteiger partial charge on any atom is 0.320 e. The van der Waals surface area contributed by atoms with Crippen molar-refractivity contribution in [3.63, 3.8) is 0 Å². The highest BCUT2D eigenvalue weighted by Crippen LogP contribution is 2.32. The second kappa shape index (κ2) is 6.13. The molecule has 0 spiro atoms. The molecule has 3 saturated heterocycles. The minimum absolute atomic E-state index is 0.288. The fraction of sp³-hybridized carbons (Fsp3) is 0.938. The van der Waals surface area contributed by atoms with Crippen LogP contribution in [-0.2, 0) is 0 Å². The molecule has 21 heavy (non-hydrogen) atoms. The lowest BCUT2D eigenvalue weighted by molar-refractivity contribution is 0.116. The fourth-order valence-electron chi connectivity index (χ4n) is 4.06. The number of likely N-dealkylation sites (N-methyl/N-ethyl adjacent to an activating group) is 1. The van der Waals surface area contributed by atoms with Crippen molar-refractivity contribution in [3.05, 3.63) is 0 Å². The number of piperazine rings is 1. The number of hydrogen-bond acceptors (Lipinski definition) is 3. The average molecular weight is 294 g/mol. The van der Waals surface area contributed by atoms with E-state index in [1.807, 2.05) is 0 Å². The third kappa shape index (κ3) is 3.04. The maximum absolute atomic E-state index is 12.7. The Kier molecular flexibility index (Phi) is 4.41. The molecule has 0 bridgehead atoms. The molecule has 0 aromatic rings. The standard InChI is InChI=1S/C16H30N4O/c1-4-17-5-7-18(8-6-17)16(21)20-11-14-9-19(13(2)3)10-15(14)12-20/h13-15H,4-12H2,1-3H3. The zero-order valence-electron chi connectivity index (χ0n) is 13.8. The van der Waals surface area contributed by atoms with Crippen molar-refractivity contribution in [2.24, 2.45) is 11.8 Å². The minimum atomic E-state index is 0.288. The summed E-state index contributed by atoms with van der Waals surface area (Å²) in [4.78, 5) is 21.8. The number of fused-ring (bicyclic) bond motifs is 1. The molecule has 0 aliphatic carbocycles. The summed E-state index contributed by atoms with van der Waals surface area (Å²) in [5.74, 6) is 1.40. The van der Waals surface area contributed by atoms with Crippen molar-refractivity contribution >= 4 is 6.03 Å². The predicted octanol–water partition coefficient (Wildman–Crippen LogP) is 1.02. The summed E-state index contributed by atoms with van der Waals surface area (Å²) in [6.07, 6.45) is 0. The number of amides is 2. The molecule has 3 rings (SSSR count). The summed E-state index contributed by atoms with van der Waals surface area (Å²) in [6, 6.07) is 0.929. The molecule has 0 radical (unpaired) electrons. The van der Waals surface area contributed by atoms with Gasteiger partial charge in [-0.25, -0.2) is 4.79 Å². The van der Waals surface area contributed by atoms with Gasteiger partial charge in [-0.3, -0.25) is 0 Å². The zero-order valence-corrected chi connectivity index (χ0v) is 13.8. The van der Waals surface area contributed by atoms with Crippen molar-refractivity contribution < 1.29 is 4.79 Å². The number of likely N-dealkylation sites (tertiary alicyclic amines) is 2. The maximum atomic E-state index is 12.7. The Morgan fingerprint density at radius 2 is 1.52 bits per heavy atom. The molecule has 2 amide bonds. The van der Waals surface area contributed by atoms with Crippen LogP contribution >= 0.6 is 0 Å². The van der Waals surface area contributed by atoms with Crippen LogP contribution in [0.1, 0.15) is 20.8 Å². The van der Waals surface area contributed by atoms with Crippen LogP contribution in [0.2, 0.25) is 0 Å². The van der Waals surface area contributed by atoms with Crippen molar-refractivity contribution in [1.82, 2.24) is 19.6 Å². The first-order valence-electron chi connectivity index (χ1n) is 8.58. The summed E-state index contributed by atoms with van der Waals surface area (Å²) in [7, 11) is 0. The summed E-state index contributed by atoms with van der Waals surface area (Å²) in [5.41, 5.74) is 0. The van der Waals surface area contributed by atoms with Gasteiger partial charge in [0.2, 0.25) is 0 Å². The highest BCUT2D eigenvalue weighted by atomic mass is 16.2. The van der Waals surface area contributed by atoms with Crippen LogP contribution in [0.4, 0.5) is 4.79 Å². The lowest BCUT2D eigenvalue weighted by Crippen LogP contribution is -2.52. The normalized spacial score (nSPS) is 31.2. The number of nitrogens with zero attached hydrogens (tertiary/aromatic N) is 4. The molecule has 3 aliphatic heterocycles. The molecule has 2 unspecified atom stereocenters. The SMILES string of the molecule is CCN1CCN(C(=O)N2CC3CN(C(C)C)CC3C2)CC1. The Labute approximate surface area is 128 Å². The first-order chi connectivity index (χ1) is 10.1. The van der Waals surface area contributed by atoms with Crippen LogP contribution in [-0.4, -0.2) is 90.6 Å². The number of carbonyl (C=O) groups excluding carboxylic acids is 1. The first-order valence-corrected chi connectivity index (χ1v) is 8.58. The van der Waals surface area contributed by atoms with Crippen molar-refractivity contribution in [2.45, 2.75) is 26.8 Å². The Morgan fingerprint density at radius 3 is 2.00 bits per heavy atom.